The first kappa shape index (κ1) is 17.0. The van der Waals surface area contributed by atoms with Gasteiger partial charge < -0.3 is 16.2 Å². The van der Waals surface area contributed by atoms with Crippen LogP contribution in [-0.4, -0.2) is 30.1 Å². The number of aliphatic hydroxyl groups excluding tert-OH is 1. The molecular formula is C19H26N2O3. The number of rotatable bonds is 7. The average Bonchev–Trinajstić information content (AvgIpc) is 2.51. The second-order valence-electron chi connectivity index (χ2n) is 7.71. The minimum absolute atomic E-state index is 0.112. The fourth-order valence-corrected chi connectivity index (χ4v) is 4.32. The van der Waals surface area contributed by atoms with Gasteiger partial charge in [-0.1, -0.05) is 18.6 Å². The van der Waals surface area contributed by atoms with E-state index in [1.165, 1.54) is 19.3 Å². The number of aliphatic hydroxyl groups is 1. The zero-order chi connectivity index (χ0) is 17.2. The predicted molar refractivity (Wildman–Crippen MR) is 91.3 cm³/mol. The number of carbonyl (C=O) groups is 2. The molecule has 0 atom stereocenters. The van der Waals surface area contributed by atoms with Gasteiger partial charge in [-0.2, -0.15) is 0 Å². The molecule has 5 heteroatoms. The van der Waals surface area contributed by atoms with E-state index in [0.717, 1.165) is 18.4 Å². The molecule has 2 saturated carbocycles. The minimum Gasteiger partial charge on any atom is -0.396 e. The van der Waals surface area contributed by atoms with Gasteiger partial charge in [-0.3, -0.25) is 9.59 Å². The normalized spacial score (nSPS) is 20.0. The molecule has 0 saturated heterocycles. The van der Waals surface area contributed by atoms with E-state index in [1.54, 1.807) is 12.1 Å². The SMILES string of the molecule is NC(=O)CCc1ccc(C(=O)NCC2(CO)CC3(CCC3)C2)cc1. The van der Waals surface area contributed by atoms with Crippen molar-refractivity contribution in [3.8, 4) is 0 Å². The molecule has 130 valence electrons. The van der Waals surface area contributed by atoms with Crippen LogP contribution in [-0.2, 0) is 11.2 Å². The Morgan fingerprint density at radius 2 is 1.83 bits per heavy atom. The molecule has 2 aliphatic rings. The number of amides is 2. The first-order chi connectivity index (χ1) is 11.5. The molecule has 1 aromatic carbocycles. The van der Waals surface area contributed by atoms with E-state index >= 15 is 0 Å². The molecular weight excluding hydrogens is 304 g/mol. The van der Waals surface area contributed by atoms with Crippen LogP contribution in [0.25, 0.3) is 0 Å². The Bertz CT molecular complexity index is 612. The van der Waals surface area contributed by atoms with Crippen molar-refractivity contribution in [1.29, 1.82) is 0 Å². The van der Waals surface area contributed by atoms with Gasteiger partial charge >= 0.3 is 0 Å². The van der Waals surface area contributed by atoms with Crippen molar-refractivity contribution in [1.82, 2.24) is 5.32 Å². The summed E-state index contributed by atoms with van der Waals surface area (Å²) >= 11 is 0. The molecule has 5 nitrogen and oxygen atoms in total. The van der Waals surface area contributed by atoms with Crippen molar-refractivity contribution in [3.05, 3.63) is 35.4 Å². The highest BCUT2D eigenvalue weighted by atomic mass is 16.3. The zero-order valence-corrected chi connectivity index (χ0v) is 14.0. The highest BCUT2D eigenvalue weighted by Crippen LogP contribution is 2.64. The number of nitrogens with one attached hydrogen (secondary N) is 1. The van der Waals surface area contributed by atoms with E-state index in [-0.39, 0.29) is 23.8 Å². The van der Waals surface area contributed by atoms with Gasteiger partial charge in [0.25, 0.3) is 5.91 Å². The first-order valence-electron chi connectivity index (χ1n) is 8.72. The molecule has 4 N–H and O–H groups in total. The Hall–Kier alpha value is -1.88. The van der Waals surface area contributed by atoms with Crippen LogP contribution >= 0.6 is 0 Å². The lowest BCUT2D eigenvalue weighted by Crippen LogP contribution is -2.56. The van der Waals surface area contributed by atoms with Gasteiger partial charge in [0.2, 0.25) is 5.91 Å². The lowest BCUT2D eigenvalue weighted by molar-refractivity contribution is -0.118. The summed E-state index contributed by atoms with van der Waals surface area (Å²) in [6.07, 6.45) is 6.81. The van der Waals surface area contributed by atoms with Crippen molar-refractivity contribution < 1.29 is 14.7 Å². The maximum Gasteiger partial charge on any atom is 0.251 e. The molecule has 0 aromatic heterocycles. The van der Waals surface area contributed by atoms with Gasteiger partial charge in [0, 0.05) is 23.9 Å². The molecule has 2 fully saturated rings. The Balaban J connectivity index is 1.50. The number of hydrogen-bond acceptors (Lipinski definition) is 3. The Labute approximate surface area is 142 Å². The third kappa shape index (κ3) is 3.46. The topological polar surface area (TPSA) is 92.4 Å². The van der Waals surface area contributed by atoms with E-state index in [9.17, 15) is 14.7 Å². The predicted octanol–water partition coefficient (Wildman–Crippen LogP) is 1.78. The fraction of sp³-hybridized carbons (Fsp3) is 0.579. The van der Waals surface area contributed by atoms with Gasteiger partial charge in [0.05, 0.1) is 6.61 Å². The minimum atomic E-state index is -0.323. The van der Waals surface area contributed by atoms with Crippen LogP contribution in [0.3, 0.4) is 0 Å². The molecule has 0 radical (unpaired) electrons. The van der Waals surface area contributed by atoms with Gasteiger partial charge in [-0.25, -0.2) is 0 Å². The van der Waals surface area contributed by atoms with Crippen LogP contribution in [0.15, 0.2) is 24.3 Å². The summed E-state index contributed by atoms with van der Waals surface area (Å²) in [5.74, 6) is -0.435. The maximum absolute atomic E-state index is 12.3. The summed E-state index contributed by atoms with van der Waals surface area (Å²) in [5.41, 5.74) is 7.07. The van der Waals surface area contributed by atoms with Gasteiger partial charge in [-0.05, 0) is 55.2 Å². The molecule has 0 aliphatic heterocycles. The van der Waals surface area contributed by atoms with Crippen LogP contribution in [0.2, 0.25) is 0 Å². The molecule has 24 heavy (non-hydrogen) atoms. The lowest BCUT2D eigenvalue weighted by Gasteiger charge is -2.60. The number of benzene rings is 1. The van der Waals surface area contributed by atoms with Crippen molar-refractivity contribution >= 4 is 11.8 Å². The highest BCUT2D eigenvalue weighted by molar-refractivity contribution is 5.94. The number of hydrogen-bond donors (Lipinski definition) is 3. The third-order valence-electron chi connectivity index (χ3n) is 5.75. The summed E-state index contributed by atoms with van der Waals surface area (Å²) in [6, 6.07) is 7.25. The molecule has 0 unspecified atom stereocenters. The number of primary amides is 1. The average molecular weight is 330 g/mol. The number of carbonyl (C=O) groups excluding carboxylic acids is 2. The fourth-order valence-electron chi connectivity index (χ4n) is 4.32. The third-order valence-corrected chi connectivity index (χ3v) is 5.75. The van der Waals surface area contributed by atoms with Crippen LogP contribution in [0.4, 0.5) is 0 Å². The number of aryl methyl sites for hydroxylation is 1. The highest BCUT2D eigenvalue weighted by Gasteiger charge is 2.56. The second-order valence-corrected chi connectivity index (χ2v) is 7.71. The van der Waals surface area contributed by atoms with Crippen molar-refractivity contribution in [2.45, 2.75) is 44.9 Å². The summed E-state index contributed by atoms with van der Waals surface area (Å²) < 4.78 is 0. The molecule has 1 spiro atoms. The standard InChI is InChI=1S/C19H26N2O3/c20-16(23)7-4-14-2-5-15(6-3-14)17(24)21-12-19(13-22)10-18(11-19)8-1-9-18/h2-3,5-6,22H,1,4,7-13H2,(H2,20,23)(H,21,24). The van der Waals surface area contributed by atoms with Gasteiger partial charge in [-0.15, -0.1) is 0 Å². The molecule has 2 amide bonds. The van der Waals surface area contributed by atoms with Crippen molar-refractivity contribution in [2.75, 3.05) is 13.2 Å². The van der Waals surface area contributed by atoms with Gasteiger partial charge in [0.15, 0.2) is 0 Å². The van der Waals surface area contributed by atoms with Crippen LogP contribution in [0, 0.1) is 10.8 Å². The molecule has 2 aliphatic carbocycles. The first-order valence-corrected chi connectivity index (χ1v) is 8.72. The van der Waals surface area contributed by atoms with E-state index < -0.39 is 0 Å². The molecule has 0 heterocycles. The van der Waals surface area contributed by atoms with Crippen LogP contribution in [0.5, 0.6) is 0 Å². The van der Waals surface area contributed by atoms with E-state index in [1.807, 2.05) is 12.1 Å². The van der Waals surface area contributed by atoms with Crippen molar-refractivity contribution in [3.63, 3.8) is 0 Å². The maximum atomic E-state index is 12.3. The van der Waals surface area contributed by atoms with Crippen LogP contribution < -0.4 is 11.1 Å². The Morgan fingerprint density at radius 3 is 2.33 bits per heavy atom. The zero-order valence-electron chi connectivity index (χ0n) is 14.0. The summed E-state index contributed by atoms with van der Waals surface area (Å²) in [4.78, 5) is 23.1. The smallest absolute Gasteiger partial charge is 0.251 e. The summed E-state index contributed by atoms with van der Waals surface area (Å²) in [7, 11) is 0. The van der Waals surface area contributed by atoms with Crippen LogP contribution in [0.1, 0.15) is 54.4 Å². The Kier molecular flexibility index (Phi) is 4.63. The monoisotopic (exact) mass is 330 g/mol. The summed E-state index contributed by atoms with van der Waals surface area (Å²) in [6.45, 7) is 0.675. The quantitative estimate of drug-likeness (QED) is 0.711. The van der Waals surface area contributed by atoms with E-state index in [0.29, 0.717) is 30.4 Å². The molecule has 0 bridgehead atoms. The lowest BCUT2D eigenvalue weighted by atomic mass is 9.45. The summed E-state index contributed by atoms with van der Waals surface area (Å²) in [5, 5.41) is 12.7. The van der Waals surface area contributed by atoms with E-state index in [2.05, 4.69) is 5.32 Å². The van der Waals surface area contributed by atoms with Gasteiger partial charge in [0.1, 0.15) is 0 Å². The largest absolute Gasteiger partial charge is 0.396 e. The Morgan fingerprint density at radius 1 is 1.17 bits per heavy atom. The van der Waals surface area contributed by atoms with Crippen molar-refractivity contribution in [2.24, 2.45) is 16.6 Å². The van der Waals surface area contributed by atoms with E-state index in [4.69, 9.17) is 5.73 Å². The number of nitrogens with two attached hydrogens (primary N) is 1. The molecule has 1 aromatic rings. The second kappa shape index (κ2) is 6.55. The molecule has 3 rings (SSSR count).